The fourth-order valence-electron chi connectivity index (χ4n) is 4.77. The van der Waals surface area contributed by atoms with Crippen LogP contribution < -0.4 is 4.74 Å². The summed E-state index contributed by atoms with van der Waals surface area (Å²) in [6.07, 6.45) is 3.51. The molecule has 0 fully saturated rings. The van der Waals surface area contributed by atoms with Gasteiger partial charge in [-0.3, -0.25) is 4.79 Å². The summed E-state index contributed by atoms with van der Waals surface area (Å²) in [4.78, 5) is 19.6. The van der Waals surface area contributed by atoms with Crippen molar-refractivity contribution in [1.82, 2.24) is 19.6 Å². The number of ether oxygens (including phenoxy) is 1. The van der Waals surface area contributed by atoms with Crippen LogP contribution in [0.3, 0.4) is 0 Å². The summed E-state index contributed by atoms with van der Waals surface area (Å²) in [5, 5.41) is 3.64. The highest BCUT2D eigenvalue weighted by Crippen LogP contribution is 2.49. The molecule has 0 N–H and O–H groups in total. The molecule has 4 heterocycles. The first kappa shape index (κ1) is 19.5. The van der Waals surface area contributed by atoms with Crippen LogP contribution in [0.15, 0.2) is 53.4 Å². The highest BCUT2D eigenvalue weighted by molar-refractivity contribution is 5.97. The zero-order valence-corrected chi connectivity index (χ0v) is 17.3. The molecule has 2 aliphatic heterocycles. The number of nitrogens with zero attached hydrogens (tertiary/aromatic N) is 4. The van der Waals surface area contributed by atoms with E-state index in [0.29, 0.717) is 28.9 Å². The summed E-state index contributed by atoms with van der Waals surface area (Å²) in [5.74, 6) is 6.56. The van der Waals surface area contributed by atoms with Gasteiger partial charge in [0.25, 0.3) is 5.91 Å². The number of rotatable bonds is 2. The topological polar surface area (TPSA) is 73.4 Å². The van der Waals surface area contributed by atoms with Gasteiger partial charge >= 0.3 is 6.61 Å². The number of halogens is 2. The Bertz CT molecular complexity index is 1470. The largest absolute Gasteiger partial charge is 0.434 e. The molecule has 0 saturated carbocycles. The van der Waals surface area contributed by atoms with Gasteiger partial charge in [-0.1, -0.05) is 23.1 Å². The molecule has 164 valence electrons. The number of imidazole rings is 1. The SMILES string of the molecule is CN1C(=O)c2cccc(OC(F)F)c2[C@H]2CC1c1nc3ccc(C#Cc4cnoc4)cc3n12. The van der Waals surface area contributed by atoms with Crippen LogP contribution >= 0.6 is 0 Å². The van der Waals surface area contributed by atoms with E-state index in [1.54, 1.807) is 24.1 Å². The Morgan fingerprint density at radius 3 is 2.82 bits per heavy atom. The van der Waals surface area contributed by atoms with Crippen molar-refractivity contribution in [2.24, 2.45) is 0 Å². The van der Waals surface area contributed by atoms with E-state index in [-0.39, 0.29) is 23.7 Å². The molecule has 1 unspecified atom stereocenters. The Kier molecular flexibility index (Phi) is 4.23. The molecule has 1 amide bonds. The zero-order chi connectivity index (χ0) is 22.7. The lowest BCUT2D eigenvalue weighted by molar-refractivity contribution is -0.0507. The standard InChI is InChI=1S/C24H16F2N4O3/c1-29-19-10-18(21-15(23(29)31)3-2-4-20(21)33-24(25)26)30-17-9-13(5-6-14-11-27-32-12-14)7-8-16(17)28-22(19)30/h2-4,7-9,11-12,18-19,24H,10H2,1H3/t18-,19?/m1/s1. The smallest absolute Gasteiger partial charge is 0.387 e. The van der Waals surface area contributed by atoms with Gasteiger partial charge in [0.2, 0.25) is 0 Å². The molecule has 0 aliphatic carbocycles. The number of amides is 1. The molecule has 6 rings (SSSR count). The lowest BCUT2D eigenvalue weighted by atomic mass is 9.97. The van der Waals surface area contributed by atoms with Crippen LogP contribution in [-0.4, -0.2) is 39.2 Å². The first-order valence-corrected chi connectivity index (χ1v) is 10.3. The molecule has 0 radical (unpaired) electrons. The summed E-state index contributed by atoms with van der Waals surface area (Å²) in [6, 6.07) is 9.68. The monoisotopic (exact) mass is 446 g/mol. The molecule has 2 aromatic carbocycles. The molecule has 9 heteroatoms. The van der Waals surface area contributed by atoms with Crippen molar-refractivity contribution in [2.75, 3.05) is 7.05 Å². The molecule has 2 bridgehead atoms. The minimum absolute atomic E-state index is 0.00741. The molecule has 0 saturated heterocycles. The van der Waals surface area contributed by atoms with Gasteiger partial charge in [0, 0.05) is 30.2 Å². The van der Waals surface area contributed by atoms with E-state index < -0.39 is 6.61 Å². The second-order valence-electron chi connectivity index (χ2n) is 7.99. The summed E-state index contributed by atoms with van der Waals surface area (Å²) < 4.78 is 38.0. The second-order valence-corrected chi connectivity index (χ2v) is 7.99. The Morgan fingerprint density at radius 1 is 1.18 bits per heavy atom. The highest BCUT2D eigenvalue weighted by atomic mass is 19.3. The number of carbonyl (C=O) groups is 1. The van der Waals surface area contributed by atoms with Crippen molar-refractivity contribution in [3.63, 3.8) is 0 Å². The number of benzene rings is 2. The molecule has 2 atom stereocenters. The number of hydrogen-bond acceptors (Lipinski definition) is 5. The quantitative estimate of drug-likeness (QED) is 0.433. The van der Waals surface area contributed by atoms with Gasteiger partial charge < -0.3 is 18.7 Å². The minimum atomic E-state index is -3.00. The second kappa shape index (κ2) is 7.17. The number of carbonyl (C=O) groups excluding carboxylic acids is 1. The van der Waals surface area contributed by atoms with Crippen molar-refractivity contribution in [1.29, 1.82) is 0 Å². The lowest BCUT2D eigenvalue weighted by Crippen LogP contribution is -2.30. The first-order chi connectivity index (χ1) is 16.0. The van der Waals surface area contributed by atoms with E-state index in [2.05, 4.69) is 17.0 Å². The van der Waals surface area contributed by atoms with Crippen molar-refractivity contribution >= 4 is 16.9 Å². The van der Waals surface area contributed by atoms with Gasteiger partial charge in [-0.25, -0.2) is 4.98 Å². The van der Waals surface area contributed by atoms with Gasteiger partial charge in [0.1, 0.15) is 17.8 Å². The fraction of sp³-hybridized carbons (Fsp3) is 0.208. The maximum atomic E-state index is 13.2. The maximum Gasteiger partial charge on any atom is 0.387 e. The number of fused-ring (bicyclic) bond motifs is 9. The summed E-state index contributed by atoms with van der Waals surface area (Å²) in [6.45, 7) is -3.00. The Balaban J connectivity index is 1.55. The number of alkyl halides is 2. The van der Waals surface area contributed by atoms with E-state index in [4.69, 9.17) is 14.2 Å². The summed E-state index contributed by atoms with van der Waals surface area (Å²) in [5.41, 5.74) is 3.79. The van der Waals surface area contributed by atoms with Gasteiger partial charge in [0.15, 0.2) is 0 Å². The predicted octanol–water partition coefficient (Wildman–Crippen LogP) is 4.15. The summed E-state index contributed by atoms with van der Waals surface area (Å²) >= 11 is 0. The van der Waals surface area contributed by atoms with Gasteiger partial charge in [-0.2, -0.15) is 8.78 Å². The first-order valence-electron chi connectivity index (χ1n) is 10.3. The van der Waals surface area contributed by atoms with Crippen LogP contribution in [-0.2, 0) is 0 Å². The minimum Gasteiger partial charge on any atom is -0.434 e. The molecule has 0 spiro atoms. The van der Waals surface area contributed by atoms with Crippen molar-refractivity contribution in [3.8, 4) is 17.6 Å². The van der Waals surface area contributed by atoms with E-state index in [1.165, 1.54) is 18.5 Å². The molecule has 4 aromatic rings. The van der Waals surface area contributed by atoms with Gasteiger partial charge in [0.05, 0.1) is 34.9 Å². The molecular weight excluding hydrogens is 430 g/mol. The van der Waals surface area contributed by atoms with Gasteiger partial charge in [-0.05, 0) is 30.3 Å². The summed E-state index contributed by atoms with van der Waals surface area (Å²) in [7, 11) is 1.71. The molecule has 7 nitrogen and oxygen atoms in total. The molecule has 33 heavy (non-hydrogen) atoms. The van der Waals surface area contributed by atoms with Gasteiger partial charge in [-0.15, -0.1) is 0 Å². The third kappa shape index (κ3) is 2.98. The fourth-order valence-corrected chi connectivity index (χ4v) is 4.77. The average Bonchev–Trinajstić information content (AvgIpc) is 3.51. The van der Waals surface area contributed by atoms with Crippen molar-refractivity contribution < 1.29 is 22.8 Å². The third-order valence-corrected chi connectivity index (χ3v) is 6.19. The Morgan fingerprint density at radius 2 is 2.03 bits per heavy atom. The molecule has 2 aliphatic rings. The van der Waals surface area contributed by atoms with Crippen LogP contribution in [0.2, 0.25) is 0 Å². The van der Waals surface area contributed by atoms with E-state index in [1.807, 2.05) is 22.8 Å². The predicted molar refractivity (Wildman–Crippen MR) is 113 cm³/mol. The van der Waals surface area contributed by atoms with Crippen LogP contribution in [0.25, 0.3) is 11.0 Å². The normalized spacial score (nSPS) is 18.7. The zero-order valence-electron chi connectivity index (χ0n) is 17.3. The van der Waals surface area contributed by atoms with E-state index in [9.17, 15) is 13.6 Å². The van der Waals surface area contributed by atoms with Crippen LogP contribution in [0, 0.1) is 11.8 Å². The molecule has 2 aromatic heterocycles. The highest BCUT2D eigenvalue weighted by Gasteiger charge is 2.44. The van der Waals surface area contributed by atoms with Crippen LogP contribution in [0.4, 0.5) is 8.78 Å². The van der Waals surface area contributed by atoms with Crippen molar-refractivity contribution in [3.05, 3.63) is 76.9 Å². The molecular formula is C24H16F2N4O3. The van der Waals surface area contributed by atoms with E-state index >= 15 is 0 Å². The Labute approximate surface area is 186 Å². The maximum absolute atomic E-state index is 13.2. The lowest BCUT2D eigenvalue weighted by Gasteiger charge is -2.24. The van der Waals surface area contributed by atoms with E-state index in [0.717, 1.165) is 16.6 Å². The number of hydrogen-bond donors (Lipinski definition) is 0. The third-order valence-electron chi connectivity index (χ3n) is 6.19. The number of aromatic nitrogens is 3. The Hall–Kier alpha value is -4.19. The average molecular weight is 446 g/mol. The van der Waals surface area contributed by atoms with Crippen LogP contribution in [0.1, 0.15) is 51.4 Å². The van der Waals surface area contributed by atoms with Crippen molar-refractivity contribution in [2.45, 2.75) is 25.1 Å². The van der Waals surface area contributed by atoms with Crippen LogP contribution in [0.5, 0.6) is 5.75 Å².